The van der Waals surface area contributed by atoms with Gasteiger partial charge in [0.15, 0.2) is 6.10 Å². The number of aliphatic hydroxyl groups excluding tert-OH is 1. The third-order valence-electron chi connectivity index (χ3n) is 8.46. The number of aromatic amines is 1. The Kier molecular flexibility index (Phi) is 6.88. The number of aromatic nitrogens is 2. The molecule has 0 radical (unpaired) electrons. The van der Waals surface area contributed by atoms with Crippen molar-refractivity contribution >= 4 is 5.91 Å². The smallest absolute Gasteiger partial charge is 0.256 e. The average molecular weight is 534 g/mol. The molecule has 1 aromatic heterocycles. The summed E-state index contributed by atoms with van der Waals surface area (Å²) in [7, 11) is 0. The van der Waals surface area contributed by atoms with Crippen molar-refractivity contribution in [3.63, 3.8) is 0 Å². The molecule has 1 amide bonds. The van der Waals surface area contributed by atoms with Crippen molar-refractivity contribution in [2.24, 2.45) is 0 Å². The fourth-order valence-corrected chi connectivity index (χ4v) is 5.86. The van der Waals surface area contributed by atoms with Gasteiger partial charge in [0, 0.05) is 6.54 Å². The van der Waals surface area contributed by atoms with E-state index in [4.69, 9.17) is 4.98 Å². The number of benzene rings is 3. The van der Waals surface area contributed by atoms with E-state index in [1.807, 2.05) is 48.5 Å². The van der Waals surface area contributed by atoms with Gasteiger partial charge >= 0.3 is 0 Å². The Balaban J connectivity index is 1.24. The first-order valence-electron chi connectivity index (χ1n) is 14.2. The van der Waals surface area contributed by atoms with Gasteiger partial charge in [-0.2, -0.15) is 0 Å². The lowest BCUT2D eigenvalue weighted by molar-refractivity contribution is -0.141. The van der Waals surface area contributed by atoms with Crippen molar-refractivity contribution < 1.29 is 9.90 Å². The first-order valence-corrected chi connectivity index (χ1v) is 14.2. The predicted octanol–water partition coefficient (Wildman–Crippen LogP) is 5.65. The van der Waals surface area contributed by atoms with Crippen molar-refractivity contribution in [2.45, 2.75) is 63.5 Å². The minimum Gasteiger partial charge on any atom is -0.378 e. The second-order valence-corrected chi connectivity index (χ2v) is 11.5. The van der Waals surface area contributed by atoms with Gasteiger partial charge < -0.3 is 15.0 Å². The van der Waals surface area contributed by atoms with E-state index in [-0.39, 0.29) is 17.5 Å². The number of amides is 1. The molecular formula is C34H35N3O3. The summed E-state index contributed by atoms with van der Waals surface area (Å²) < 4.78 is 0. The van der Waals surface area contributed by atoms with E-state index in [1.54, 1.807) is 11.0 Å². The second kappa shape index (κ2) is 10.5. The molecule has 1 atom stereocenters. The monoisotopic (exact) mass is 533 g/mol. The molecule has 4 aromatic rings. The number of carbonyl (C=O) groups excluding carboxylic acids is 1. The molecule has 1 saturated carbocycles. The third-order valence-corrected chi connectivity index (χ3v) is 8.46. The number of fused-ring (bicyclic) bond motifs is 1. The standard InChI is InChI=1S/C34H35N3O3/c1-22(2)23-9-6-10-24(19-23)25-11-7-12-26(20-25)30(38)32(40)37-18-8-15-29-28(21-37)31(39)36-33(35-29)34(16-17-34)27-13-4-3-5-14-27/h3-7,9-14,19-20,22,30,38H,8,15-18,21H2,1-2H3,(H,35,36,39). The number of H-pyrrole nitrogens is 1. The fraction of sp³-hybridized carbons (Fsp3) is 0.324. The molecule has 0 spiro atoms. The number of hydrogen-bond donors (Lipinski definition) is 2. The van der Waals surface area contributed by atoms with Crippen LogP contribution in [0, 0.1) is 0 Å². The van der Waals surface area contributed by atoms with Crippen molar-refractivity contribution in [1.82, 2.24) is 14.9 Å². The molecular weight excluding hydrogens is 498 g/mol. The van der Waals surface area contributed by atoms with Gasteiger partial charge in [0.25, 0.3) is 11.5 Å². The summed E-state index contributed by atoms with van der Waals surface area (Å²) in [6.45, 7) is 4.92. The van der Waals surface area contributed by atoms with E-state index in [1.165, 1.54) is 11.1 Å². The van der Waals surface area contributed by atoms with Crippen LogP contribution in [0.25, 0.3) is 11.1 Å². The number of carbonyl (C=O) groups is 1. The second-order valence-electron chi connectivity index (χ2n) is 11.5. The van der Waals surface area contributed by atoms with Crippen LogP contribution in [0.1, 0.15) is 78.9 Å². The third kappa shape index (κ3) is 4.88. The molecule has 3 aromatic carbocycles. The Hall–Kier alpha value is -4.03. The van der Waals surface area contributed by atoms with Gasteiger partial charge in [0.1, 0.15) is 5.82 Å². The van der Waals surface area contributed by atoms with Crippen LogP contribution in [-0.4, -0.2) is 32.4 Å². The SMILES string of the molecule is CC(C)c1cccc(-c2cccc(C(O)C(=O)N3CCCc4nc(C5(c6ccccc6)CC5)[nH]c(=O)c4C3)c2)c1. The first-order chi connectivity index (χ1) is 19.4. The van der Waals surface area contributed by atoms with Crippen molar-refractivity contribution in [3.05, 3.63) is 123 Å². The summed E-state index contributed by atoms with van der Waals surface area (Å²) in [6.07, 6.45) is 1.90. The molecule has 6 nitrogen and oxygen atoms in total. The zero-order chi connectivity index (χ0) is 27.9. The molecule has 6 rings (SSSR count). The fourth-order valence-electron chi connectivity index (χ4n) is 5.86. The normalized spacial score (nSPS) is 16.8. The van der Waals surface area contributed by atoms with E-state index in [0.29, 0.717) is 36.4 Å². The molecule has 2 heterocycles. The number of aryl methyl sites for hydroxylation is 1. The molecule has 2 aliphatic rings. The summed E-state index contributed by atoms with van der Waals surface area (Å²) in [5.41, 5.74) is 5.81. The molecule has 1 unspecified atom stereocenters. The maximum Gasteiger partial charge on any atom is 0.256 e. The maximum absolute atomic E-state index is 13.5. The molecule has 2 N–H and O–H groups in total. The summed E-state index contributed by atoms with van der Waals surface area (Å²) >= 11 is 0. The summed E-state index contributed by atoms with van der Waals surface area (Å²) in [5.74, 6) is 0.732. The highest BCUT2D eigenvalue weighted by atomic mass is 16.3. The van der Waals surface area contributed by atoms with E-state index >= 15 is 0 Å². The van der Waals surface area contributed by atoms with Crippen LogP contribution in [-0.2, 0) is 23.2 Å². The molecule has 1 aliphatic heterocycles. The van der Waals surface area contributed by atoms with Gasteiger partial charge in [-0.1, -0.05) is 86.6 Å². The van der Waals surface area contributed by atoms with Crippen molar-refractivity contribution in [2.75, 3.05) is 6.54 Å². The highest BCUT2D eigenvalue weighted by Gasteiger charge is 2.48. The molecule has 6 heteroatoms. The van der Waals surface area contributed by atoms with Gasteiger partial charge in [-0.25, -0.2) is 4.98 Å². The van der Waals surface area contributed by atoms with E-state index < -0.39 is 12.0 Å². The number of nitrogens with zero attached hydrogens (tertiary/aromatic N) is 2. The van der Waals surface area contributed by atoms with Gasteiger partial charge in [0.05, 0.1) is 23.2 Å². The zero-order valence-corrected chi connectivity index (χ0v) is 23.1. The average Bonchev–Trinajstić information content (AvgIpc) is 3.82. The summed E-state index contributed by atoms with van der Waals surface area (Å²) in [5, 5.41) is 11.2. The lowest BCUT2D eigenvalue weighted by Crippen LogP contribution is -2.36. The molecule has 1 fully saturated rings. The Bertz CT molecular complexity index is 1600. The number of rotatable bonds is 6. The predicted molar refractivity (Wildman–Crippen MR) is 156 cm³/mol. The number of nitrogens with one attached hydrogen (secondary N) is 1. The Labute approximate surface area is 234 Å². The van der Waals surface area contributed by atoms with Gasteiger partial charge in [-0.3, -0.25) is 9.59 Å². The van der Waals surface area contributed by atoms with Crippen LogP contribution in [0.15, 0.2) is 83.7 Å². The van der Waals surface area contributed by atoms with Crippen LogP contribution in [0.5, 0.6) is 0 Å². The zero-order valence-electron chi connectivity index (χ0n) is 23.1. The molecule has 1 aliphatic carbocycles. The topological polar surface area (TPSA) is 86.3 Å². The lowest BCUT2D eigenvalue weighted by Gasteiger charge is -2.24. The van der Waals surface area contributed by atoms with Crippen LogP contribution in [0.4, 0.5) is 0 Å². The van der Waals surface area contributed by atoms with Gasteiger partial charge in [0.2, 0.25) is 0 Å². The Morgan fingerprint density at radius 1 is 0.950 bits per heavy atom. The van der Waals surface area contributed by atoms with Crippen molar-refractivity contribution in [3.8, 4) is 11.1 Å². The summed E-state index contributed by atoms with van der Waals surface area (Å²) in [6, 6.07) is 26.1. The maximum atomic E-state index is 13.5. The van der Waals surface area contributed by atoms with E-state index in [9.17, 15) is 14.7 Å². The minimum atomic E-state index is -1.31. The van der Waals surface area contributed by atoms with E-state index in [2.05, 4.69) is 43.1 Å². The highest BCUT2D eigenvalue weighted by Crippen LogP contribution is 2.52. The molecule has 40 heavy (non-hydrogen) atoms. The molecule has 0 bridgehead atoms. The van der Waals surface area contributed by atoms with E-state index in [0.717, 1.165) is 35.5 Å². The Morgan fingerprint density at radius 2 is 1.62 bits per heavy atom. The quantitative estimate of drug-likeness (QED) is 0.335. The Morgan fingerprint density at radius 3 is 2.30 bits per heavy atom. The minimum absolute atomic E-state index is 0.141. The van der Waals surface area contributed by atoms with Crippen LogP contribution in [0.3, 0.4) is 0 Å². The van der Waals surface area contributed by atoms with Crippen molar-refractivity contribution in [1.29, 1.82) is 0 Å². The highest BCUT2D eigenvalue weighted by molar-refractivity contribution is 5.83. The largest absolute Gasteiger partial charge is 0.378 e. The number of aliphatic hydroxyl groups is 1. The van der Waals surface area contributed by atoms with Crippen LogP contribution >= 0.6 is 0 Å². The number of hydrogen-bond acceptors (Lipinski definition) is 4. The summed E-state index contributed by atoms with van der Waals surface area (Å²) in [4.78, 5) is 36.5. The van der Waals surface area contributed by atoms with Crippen LogP contribution in [0.2, 0.25) is 0 Å². The molecule has 204 valence electrons. The van der Waals surface area contributed by atoms with Gasteiger partial charge in [-0.05, 0) is 65.5 Å². The lowest BCUT2D eigenvalue weighted by atomic mass is 9.94. The molecule has 0 saturated heterocycles. The first kappa shape index (κ1) is 26.2. The van der Waals surface area contributed by atoms with Gasteiger partial charge in [-0.15, -0.1) is 0 Å². The van der Waals surface area contributed by atoms with Crippen LogP contribution < -0.4 is 5.56 Å².